The Morgan fingerprint density at radius 1 is 0.520 bits per heavy atom. The minimum Gasteiger partial charge on any atom is -0.481 e. The van der Waals surface area contributed by atoms with Gasteiger partial charge in [0, 0.05) is 43.5 Å². The number of thiol groups is 2. The molecule has 40 nitrogen and oxygen atoms in total. The van der Waals surface area contributed by atoms with Gasteiger partial charge in [0.05, 0.1) is 37.1 Å². The number of aromatic amines is 1. The molecule has 1 aromatic heterocycles. The first-order valence-electron chi connectivity index (χ1n) is 32.9. The van der Waals surface area contributed by atoms with Crippen molar-refractivity contribution in [1.29, 1.82) is 5.41 Å². The van der Waals surface area contributed by atoms with Crippen molar-refractivity contribution in [3.05, 3.63) is 18.2 Å². The number of nitrogens with two attached hydrogens (primary N) is 5. The lowest BCUT2D eigenvalue weighted by atomic mass is 9.97. The number of aliphatic hydroxyl groups excluding tert-OH is 1. The molecule has 0 saturated carbocycles. The van der Waals surface area contributed by atoms with Gasteiger partial charge in [0.1, 0.15) is 66.5 Å². The molecule has 28 N–H and O–H groups in total. The number of carboxylic acid groups (broad SMARTS) is 2. The van der Waals surface area contributed by atoms with Crippen LogP contribution in [0.4, 0.5) is 0 Å². The Balaban J connectivity index is 3.55. The number of imidazole rings is 1. The van der Waals surface area contributed by atoms with Crippen molar-refractivity contribution in [2.75, 3.05) is 31.1 Å². The van der Waals surface area contributed by atoms with Gasteiger partial charge in [-0.05, 0) is 76.2 Å². The number of nitrogens with one attached hydrogen (secondary N) is 15. The number of aromatic nitrogens is 2. The Kier molecular flexibility index (Phi) is 41.7. The molecule has 1 heterocycles. The standard InChI is InChI=1S/C60H103N21O19S2/c1-8-29(6)46(57(97)73-35(15-17-43(86)87)52(92)77-39(25-102)59(99)100)81-54(94)38(24-101)76-51(91)33(12-9-10-18-61)71-50(90)34(13-11-19-68-60(65)66)72-55(95)44(27(2)3)80-56(96)45(28(4)5)79-53(93)36(20-31-22-67-26-70-31)75-58(98)47(30(7)82)78-42(85)23-69-49(89)37(21-41(64)84)74-48(88)32(62)14-16-40(63)83/h22,26-30,32-39,44-47,82,101-102H,8-21,23-25,61-62H2,1-7H3,(H2,63,83)(H2,64,84)(H,67,70)(H,69,89)(H,71,90)(H,72,95)(H,73,97)(H,74,88)(H,75,98)(H,76,91)(H,77,92)(H,78,85)(H,79,93)(H,80,96)(H,81,94)(H,86,87)(H,99,100)(H4,65,66,68)/t29-,30+,32-,33-,34-,35-,36-,37-,38-,39-,44-,45-,46-,47-/m0/s1. The second-order valence-electron chi connectivity index (χ2n) is 24.7. The average Bonchev–Trinajstić information content (AvgIpc) is 0.977. The van der Waals surface area contributed by atoms with Crippen LogP contribution in [0.25, 0.3) is 0 Å². The zero-order valence-electron chi connectivity index (χ0n) is 58.0. The van der Waals surface area contributed by atoms with Gasteiger partial charge < -0.3 is 118 Å². The summed E-state index contributed by atoms with van der Waals surface area (Å²) in [5.74, 6) is -19.9. The highest BCUT2D eigenvalue weighted by Gasteiger charge is 2.39. The van der Waals surface area contributed by atoms with Crippen molar-refractivity contribution < 1.29 is 92.0 Å². The van der Waals surface area contributed by atoms with Crippen molar-refractivity contribution in [1.82, 2.24) is 79.1 Å². The first-order valence-corrected chi connectivity index (χ1v) is 34.1. The van der Waals surface area contributed by atoms with Crippen LogP contribution in [-0.4, -0.2) is 236 Å². The third-order valence-electron chi connectivity index (χ3n) is 15.6. The van der Waals surface area contributed by atoms with Gasteiger partial charge in [-0.2, -0.15) is 25.3 Å². The van der Waals surface area contributed by atoms with Crippen LogP contribution in [0, 0.1) is 23.2 Å². The lowest BCUT2D eigenvalue weighted by Crippen LogP contribution is -2.62. The second kappa shape index (κ2) is 46.9. The third kappa shape index (κ3) is 33.8. The summed E-state index contributed by atoms with van der Waals surface area (Å²) in [6.07, 6.45) is -1.05. The van der Waals surface area contributed by atoms with Crippen LogP contribution >= 0.6 is 25.3 Å². The molecule has 0 radical (unpaired) electrons. The predicted molar refractivity (Wildman–Crippen MR) is 372 cm³/mol. The Morgan fingerprint density at radius 2 is 0.980 bits per heavy atom. The van der Waals surface area contributed by atoms with Crippen molar-refractivity contribution >= 4 is 126 Å². The van der Waals surface area contributed by atoms with Crippen LogP contribution in [-0.2, 0) is 83.1 Å². The summed E-state index contributed by atoms with van der Waals surface area (Å²) >= 11 is 8.19. The fourth-order valence-electron chi connectivity index (χ4n) is 9.46. The van der Waals surface area contributed by atoms with Crippen LogP contribution in [0.5, 0.6) is 0 Å². The van der Waals surface area contributed by atoms with E-state index < -0.39 is 223 Å². The maximum atomic E-state index is 14.5. The Bertz CT molecular complexity index is 3040. The number of amides is 14. The molecular weight excluding hydrogens is 1380 g/mol. The first kappa shape index (κ1) is 90.6. The van der Waals surface area contributed by atoms with Crippen LogP contribution in [0.2, 0.25) is 0 Å². The highest BCUT2D eigenvalue weighted by molar-refractivity contribution is 7.80. The highest BCUT2D eigenvalue weighted by Crippen LogP contribution is 2.14. The number of rotatable bonds is 50. The van der Waals surface area contributed by atoms with Gasteiger partial charge in [0.25, 0.3) is 0 Å². The Morgan fingerprint density at radius 3 is 1.46 bits per heavy atom. The van der Waals surface area contributed by atoms with Crippen LogP contribution < -0.4 is 97.8 Å². The fraction of sp³-hybridized carbons (Fsp3) is 0.667. The summed E-state index contributed by atoms with van der Waals surface area (Å²) in [6, 6.07) is -18.3. The number of carboxylic acids is 2. The first-order chi connectivity index (χ1) is 47.8. The van der Waals surface area contributed by atoms with Crippen LogP contribution in [0.15, 0.2) is 12.5 Å². The molecule has 102 heavy (non-hydrogen) atoms. The van der Waals surface area contributed by atoms with Crippen molar-refractivity contribution in [3.8, 4) is 0 Å². The number of carbonyl (C=O) groups is 16. The van der Waals surface area contributed by atoms with E-state index in [0.717, 1.165) is 6.92 Å². The fourth-order valence-corrected chi connectivity index (χ4v) is 9.96. The van der Waals surface area contributed by atoms with Crippen molar-refractivity contribution in [3.63, 3.8) is 0 Å². The van der Waals surface area contributed by atoms with E-state index in [1.807, 2.05) is 0 Å². The topological polar surface area (TPSA) is 673 Å². The summed E-state index contributed by atoms with van der Waals surface area (Å²) in [6.45, 7) is 9.85. The van der Waals surface area contributed by atoms with Crippen molar-refractivity contribution in [2.45, 2.75) is 204 Å². The number of H-pyrrole nitrogens is 1. The summed E-state index contributed by atoms with van der Waals surface area (Å²) in [7, 11) is 0. The molecule has 0 fully saturated rings. The number of hydrogen-bond donors (Lipinski definition) is 25. The molecule has 574 valence electrons. The molecule has 0 unspecified atom stereocenters. The molecule has 42 heteroatoms. The zero-order chi connectivity index (χ0) is 77.7. The molecule has 0 aromatic carbocycles. The maximum absolute atomic E-state index is 14.5. The van der Waals surface area contributed by atoms with Crippen LogP contribution in [0.1, 0.15) is 125 Å². The quantitative estimate of drug-likeness (QED) is 0.0125. The van der Waals surface area contributed by atoms with Gasteiger partial charge in [-0.1, -0.05) is 48.0 Å². The van der Waals surface area contributed by atoms with Crippen molar-refractivity contribution in [2.24, 2.45) is 46.4 Å². The van der Waals surface area contributed by atoms with Gasteiger partial charge in [-0.3, -0.25) is 77.3 Å². The maximum Gasteiger partial charge on any atom is 0.327 e. The smallest absolute Gasteiger partial charge is 0.327 e. The molecule has 14 atom stereocenters. The van der Waals surface area contributed by atoms with Gasteiger partial charge in [0.2, 0.25) is 82.7 Å². The summed E-state index contributed by atoms with van der Waals surface area (Å²) in [5.41, 5.74) is 27.6. The van der Waals surface area contributed by atoms with E-state index in [-0.39, 0.29) is 81.7 Å². The summed E-state index contributed by atoms with van der Waals surface area (Å²) in [4.78, 5) is 219. The Labute approximate surface area is 599 Å². The largest absolute Gasteiger partial charge is 0.481 e. The summed E-state index contributed by atoms with van der Waals surface area (Å²) < 4.78 is 0. The minimum atomic E-state index is -1.83. The number of aliphatic hydroxyl groups is 1. The molecule has 0 aliphatic carbocycles. The molecule has 0 saturated heterocycles. The van der Waals surface area contributed by atoms with Gasteiger partial charge >= 0.3 is 11.9 Å². The van der Waals surface area contributed by atoms with Gasteiger partial charge in [0.15, 0.2) is 5.96 Å². The summed E-state index contributed by atoms with van der Waals surface area (Å²) in [5, 5.41) is 68.9. The number of aliphatic carboxylic acids is 2. The van der Waals surface area contributed by atoms with E-state index >= 15 is 0 Å². The van der Waals surface area contributed by atoms with E-state index in [9.17, 15) is 92.0 Å². The Hall–Kier alpha value is -9.42. The molecule has 0 aliphatic heterocycles. The number of guanidine groups is 1. The number of nitrogens with zero attached hydrogens (tertiary/aromatic N) is 1. The lowest BCUT2D eigenvalue weighted by molar-refractivity contribution is -0.142. The average molecular weight is 1490 g/mol. The van der Waals surface area contributed by atoms with Crippen LogP contribution in [0.3, 0.4) is 0 Å². The van der Waals surface area contributed by atoms with E-state index in [0.29, 0.717) is 6.42 Å². The molecule has 0 aliphatic rings. The number of primary amides is 2. The molecule has 0 bridgehead atoms. The highest BCUT2D eigenvalue weighted by atomic mass is 32.1. The van der Waals surface area contributed by atoms with Gasteiger partial charge in [-0.25, -0.2) is 9.78 Å². The van der Waals surface area contributed by atoms with E-state index in [2.05, 4.69) is 104 Å². The number of unbranched alkanes of at least 4 members (excludes halogenated alkanes) is 1. The lowest BCUT2D eigenvalue weighted by Gasteiger charge is -2.30. The molecule has 1 aromatic rings. The SMILES string of the molecule is CC[C@H](C)[C@H](NC(=O)[C@H](CS)NC(=O)[C@H](CCCCN)NC(=O)[C@H](CCCNC(=N)N)NC(=O)[C@@H](NC(=O)[C@@H](NC(=O)[C@H](Cc1c[nH]cn1)NC(=O)[C@@H](NC(=O)CNC(=O)[C@H](CC(N)=O)NC(=O)[C@@H](N)CCC(N)=O)[C@@H](C)O)C(C)C)C(C)C)C(=O)N[C@@H](CCC(=O)O)C(=O)N[C@@H](CS)C(=O)O. The second-order valence-corrected chi connectivity index (χ2v) is 25.4. The monoisotopic (exact) mass is 1490 g/mol. The molecule has 1 rings (SSSR count). The van der Waals surface area contributed by atoms with E-state index in [1.54, 1.807) is 41.5 Å². The van der Waals surface area contributed by atoms with Gasteiger partial charge in [-0.15, -0.1) is 0 Å². The molecular formula is C60H103N21O19S2. The third-order valence-corrected chi connectivity index (χ3v) is 16.3. The molecule has 0 spiro atoms. The van der Waals surface area contributed by atoms with E-state index in [1.165, 1.54) is 12.5 Å². The number of carbonyl (C=O) groups excluding carboxylic acids is 14. The number of hydrogen-bond acceptors (Lipinski definition) is 23. The van der Waals surface area contributed by atoms with E-state index in [4.69, 9.17) is 34.1 Å². The predicted octanol–water partition coefficient (Wildman–Crippen LogP) is -8.19. The minimum absolute atomic E-state index is 0.0156. The molecule has 14 amide bonds. The zero-order valence-corrected chi connectivity index (χ0v) is 59.8. The normalized spacial score (nSPS) is 15.2.